The minimum absolute atomic E-state index is 0. The number of hydrogen-bond donors (Lipinski definition) is 4. The number of nitrogens with one attached hydrogen (secondary N) is 2. The fourth-order valence-corrected chi connectivity index (χ4v) is 10.7. The fraction of sp³-hybridized carbons (Fsp3) is 0.405. The van der Waals surface area contributed by atoms with Gasteiger partial charge in [-0.3, -0.25) is 9.59 Å². The molecule has 320 valence electrons. The van der Waals surface area contributed by atoms with E-state index in [1.54, 1.807) is 6.07 Å². The molecule has 0 radical (unpaired) electrons. The van der Waals surface area contributed by atoms with Crippen LogP contribution in [-0.2, 0) is 30.9 Å². The number of nitrogens with zero attached hydrogens (tertiary/aromatic N) is 5. The smallest absolute Gasteiger partial charge is 0.281 e. The summed E-state index contributed by atoms with van der Waals surface area (Å²) >= 11 is 10.3. The van der Waals surface area contributed by atoms with Crippen LogP contribution in [0.3, 0.4) is 0 Å². The average Bonchev–Trinajstić information content (AvgIpc) is 3.35. The third-order valence-corrected chi connectivity index (χ3v) is 13.0. The zero-order valence-electron chi connectivity index (χ0n) is 32.9. The SMILES string of the molecule is CC(C)(C)c1nc(Cl)c(C(=O)NS(=O)(=O)c2cccc(N)n2)cc1I.C[C@@H]1CN(c2nc(C(C)(C)C)c(I)cc2C(=O)NS(=O)(=O)c2cccc(N)n2)C(C)(C)C1.[HH].[HH].[HH].[HH].[HH].[HH]. The summed E-state index contributed by atoms with van der Waals surface area (Å²) < 4.78 is 55.7. The van der Waals surface area contributed by atoms with Crippen LogP contribution >= 0.6 is 56.8 Å². The van der Waals surface area contributed by atoms with E-state index in [2.05, 4.69) is 88.7 Å². The van der Waals surface area contributed by atoms with Gasteiger partial charge in [-0.15, -0.1) is 0 Å². The van der Waals surface area contributed by atoms with E-state index >= 15 is 0 Å². The normalized spacial score (nSPS) is 15.7. The molecule has 5 heterocycles. The van der Waals surface area contributed by atoms with Crippen LogP contribution in [0.1, 0.15) is 109 Å². The number of sulfonamides is 2. The molecule has 5 rings (SSSR count). The van der Waals surface area contributed by atoms with Crippen LogP contribution in [0, 0.1) is 13.1 Å². The van der Waals surface area contributed by atoms with Crippen molar-refractivity contribution < 1.29 is 35.0 Å². The van der Waals surface area contributed by atoms with Crippen LogP contribution in [0.2, 0.25) is 5.15 Å². The topological polar surface area (TPSA) is 233 Å². The van der Waals surface area contributed by atoms with Crippen LogP contribution in [0.15, 0.2) is 58.6 Å². The predicted octanol–water partition coefficient (Wildman–Crippen LogP) is 7.91. The van der Waals surface area contributed by atoms with Gasteiger partial charge in [0.1, 0.15) is 22.6 Å². The van der Waals surface area contributed by atoms with Crippen molar-refractivity contribution >= 4 is 106 Å². The van der Waals surface area contributed by atoms with E-state index in [4.69, 9.17) is 28.1 Å². The van der Waals surface area contributed by atoms with Crippen LogP contribution < -0.4 is 25.8 Å². The molecule has 1 saturated heterocycles. The number of carbonyl (C=O) groups is 2. The van der Waals surface area contributed by atoms with Crippen LogP contribution in [-0.4, -0.2) is 60.7 Å². The van der Waals surface area contributed by atoms with Crippen molar-refractivity contribution in [2.24, 2.45) is 5.92 Å². The molecule has 0 unspecified atom stereocenters. The molecule has 1 aliphatic rings. The molecule has 0 aliphatic carbocycles. The summed E-state index contributed by atoms with van der Waals surface area (Å²) in [4.78, 5) is 44.5. The Labute approximate surface area is 375 Å². The lowest BCUT2D eigenvalue weighted by molar-refractivity contribution is 0.0972. The highest BCUT2D eigenvalue weighted by atomic mass is 127. The summed E-state index contributed by atoms with van der Waals surface area (Å²) in [6.07, 6.45) is 0.943. The van der Waals surface area contributed by atoms with Gasteiger partial charge >= 0.3 is 0 Å². The first-order valence-electron chi connectivity index (χ1n) is 17.5. The minimum Gasteiger partial charge on any atom is -0.384 e. The van der Waals surface area contributed by atoms with Crippen LogP contribution in [0.5, 0.6) is 0 Å². The molecule has 57 heavy (non-hydrogen) atoms. The van der Waals surface area contributed by atoms with Crippen molar-refractivity contribution in [2.75, 3.05) is 22.9 Å². The number of carbonyl (C=O) groups excluding carboxylic acids is 2. The highest BCUT2D eigenvalue weighted by Gasteiger charge is 2.40. The van der Waals surface area contributed by atoms with Gasteiger partial charge in [0.05, 0.1) is 22.5 Å². The number of anilines is 3. The number of halogens is 3. The van der Waals surface area contributed by atoms with Gasteiger partial charge in [0.15, 0.2) is 10.1 Å². The summed E-state index contributed by atoms with van der Waals surface area (Å²) in [5.41, 5.74) is 12.1. The highest BCUT2D eigenvalue weighted by Crippen LogP contribution is 2.39. The molecule has 0 saturated carbocycles. The maximum Gasteiger partial charge on any atom is 0.281 e. The Hall–Kier alpha value is -3.41. The summed E-state index contributed by atoms with van der Waals surface area (Å²) in [7, 11) is -8.38. The highest BCUT2D eigenvalue weighted by molar-refractivity contribution is 14.1. The number of aromatic nitrogens is 4. The summed E-state index contributed by atoms with van der Waals surface area (Å²) in [5.74, 6) is -0.637. The minimum atomic E-state index is -4.20. The Kier molecular flexibility index (Phi) is 13.8. The number of nitrogen functional groups attached to an aromatic ring is 2. The first-order chi connectivity index (χ1) is 26.0. The monoisotopic (exact) mass is 1080 g/mol. The van der Waals surface area contributed by atoms with E-state index < -0.39 is 31.9 Å². The van der Waals surface area contributed by atoms with Crippen LogP contribution in [0.4, 0.5) is 17.5 Å². The van der Waals surface area contributed by atoms with Crippen molar-refractivity contribution in [2.45, 2.75) is 95.2 Å². The molecule has 6 N–H and O–H groups in total. The first-order valence-corrected chi connectivity index (χ1v) is 23.0. The lowest BCUT2D eigenvalue weighted by Gasteiger charge is -2.35. The molecule has 2 amide bonds. The summed E-state index contributed by atoms with van der Waals surface area (Å²) in [5, 5.41) is -0.735. The number of hydrogen-bond acceptors (Lipinski definition) is 13. The molecule has 20 heteroatoms. The summed E-state index contributed by atoms with van der Waals surface area (Å²) in [6.45, 7) is 19.2. The van der Waals surface area contributed by atoms with E-state index in [1.165, 1.54) is 42.5 Å². The predicted molar refractivity (Wildman–Crippen MR) is 251 cm³/mol. The molecule has 4 aromatic rings. The van der Waals surface area contributed by atoms with Crippen molar-refractivity contribution in [1.82, 2.24) is 29.4 Å². The lowest BCUT2D eigenvalue weighted by atomic mass is 9.91. The molecular formula is C37H58ClI2N9O6S2. The molecule has 15 nitrogen and oxygen atoms in total. The van der Waals surface area contributed by atoms with E-state index in [-0.39, 0.29) is 62.9 Å². The molecule has 1 fully saturated rings. The molecule has 4 aromatic heterocycles. The second-order valence-electron chi connectivity index (χ2n) is 16.3. The van der Waals surface area contributed by atoms with Gasteiger partial charge in [0.2, 0.25) is 0 Å². The zero-order valence-corrected chi connectivity index (χ0v) is 39.6. The van der Waals surface area contributed by atoms with Gasteiger partial charge in [0, 0.05) is 38.6 Å². The van der Waals surface area contributed by atoms with Crippen molar-refractivity contribution in [3.63, 3.8) is 0 Å². The Balaban J connectivity index is -0.00000107. The largest absolute Gasteiger partial charge is 0.384 e. The molecule has 0 aromatic carbocycles. The van der Waals surface area contributed by atoms with Gasteiger partial charge in [-0.25, -0.2) is 29.4 Å². The van der Waals surface area contributed by atoms with Gasteiger partial charge in [-0.05, 0) is 108 Å². The fourth-order valence-electron chi connectivity index (χ4n) is 6.11. The summed E-state index contributed by atoms with van der Waals surface area (Å²) in [6, 6.07) is 11.6. The second-order valence-corrected chi connectivity index (χ2v) is 22.2. The van der Waals surface area contributed by atoms with Gasteiger partial charge < -0.3 is 16.4 Å². The van der Waals surface area contributed by atoms with Gasteiger partial charge in [-0.2, -0.15) is 16.8 Å². The van der Waals surface area contributed by atoms with Gasteiger partial charge in [-0.1, -0.05) is 72.2 Å². The molecule has 0 spiro atoms. The maximum atomic E-state index is 13.3. The first kappa shape index (κ1) is 46.3. The Morgan fingerprint density at radius 3 is 1.61 bits per heavy atom. The molecular weight excluding hydrogens is 1020 g/mol. The van der Waals surface area contributed by atoms with Crippen LogP contribution in [0.25, 0.3) is 0 Å². The van der Waals surface area contributed by atoms with Gasteiger partial charge in [0.25, 0.3) is 31.9 Å². The van der Waals surface area contributed by atoms with E-state index in [1.807, 2.05) is 48.1 Å². The van der Waals surface area contributed by atoms with Crippen molar-refractivity contribution in [3.8, 4) is 0 Å². The van der Waals surface area contributed by atoms with E-state index in [9.17, 15) is 26.4 Å². The van der Waals surface area contributed by atoms with Crippen molar-refractivity contribution in [1.29, 1.82) is 0 Å². The van der Waals surface area contributed by atoms with E-state index in [0.717, 1.165) is 27.9 Å². The standard InChI is InChI=1S/C22H30IN5O3S.C15H16ClIN4O3S.6H2/c1-13-11-22(5,6)28(12-13)19-14(10-15(23)18(26-19)21(2,3)4)20(29)27-32(30,31)17-9-7-8-16(24)25-17;1-15(2,3)12-9(17)7-8(13(16)20-12)14(22)21-25(23,24)11-6-4-5-10(18)19-11;;;;;;/h7-10,13H,11-12H2,1-6H3,(H2,24,25)(H,27,29);4-7H,1-3H3,(H2,18,19)(H,21,22);6*1H/t13-;;;;;;;/m0......./s1. The second kappa shape index (κ2) is 17.1. The third kappa shape index (κ3) is 11.2. The molecule has 0 bridgehead atoms. The quantitative estimate of drug-likeness (QED) is 0.102. The Morgan fingerprint density at radius 2 is 1.21 bits per heavy atom. The average molecular weight is 1080 g/mol. The molecule has 1 aliphatic heterocycles. The zero-order chi connectivity index (χ0) is 43.1. The Morgan fingerprint density at radius 1 is 0.789 bits per heavy atom. The number of rotatable bonds is 7. The number of nitrogens with two attached hydrogens (primary N) is 2. The van der Waals surface area contributed by atoms with Crippen molar-refractivity contribution in [3.05, 3.63) is 83.3 Å². The lowest BCUT2D eigenvalue weighted by Crippen LogP contribution is -2.41. The maximum absolute atomic E-state index is 13.3. The van der Waals surface area contributed by atoms with E-state index in [0.29, 0.717) is 15.3 Å². The third-order valence-electron chi connectivity index (χ3n) is 8.62. The number of pyridine rings is 4. The Bertz CT molecular complexity index is 2470. The number of amides is 2. The molecule has 1 atom stereocenters.